The van der Waals surface area contributed by atoms with E-state index in [9.17, 15) is 0 Å². The van der Waals surface area contributed by atoms with Gasteiger partial charge in [0.15, 0.2) is 5.82 Å². The number of aromatic nitrogens is 2. The van der Waals surface area contributed by atoms with E-state index in [1.165, 1.54) is 14.3 Å². The van der Waals surface area contributed by atoms with Gasteiger partial charge in [0.25, 0.3) is 0 Å². The maximum absolute atomic E-state index is 4.93. The van der Waals surface area contributed by atoms with E-state index >= 15 is 0 Å². The third kappa shape index (κ3) is 3.78. The minimum atomic E-state index is 0.742. The van der Waals surface area contributed by atoms with Crippen molar-refractivity contribution >= 4 is 33.4 Å². The molecule has 0 saturated carbocycles. The van der Waals surface area contributed by atoms with E-state index in [0.29, 0.717) is 0 Å². The van der Waals surface area contributed by atoms with Crippen molar-refractivity contribution < 1.29 is 0 Å². The zero-order valence-electron chi connectivity index (χ0n) is 15.6. The molecule has 0 bridgehead atoms. The van der Waals surface area contributed by atoms with Crippen molar-refractivity contribution in [2.45, 2.75) is 0 Å². The standard InChI is InChI=1S/C26H17IN2/c27-23-12-6-11-21(16-23)25-17-24(19-8-2-1-3-9-19)28-26(29-25)22-14-13-18-7-4-5-10-20(18)15-22/h1-17H. The molecule has 0 aliphatic carbocycles. The SMILES string of the molecule is Ic1cccc(-c2cc(-c3ccccc3)nc(-c3ccc4ccccc4c3)n2)c1. The Labute approximate surface area is 183 Å². The summed E-state index contributed by atoms with van der Waals surface area (Å²) in [6.45, 7) is 0. The van der Waals surface area contributed by atoms with Gasteiger partial charge in [-0.05, 0) is 57.6 Å². The molecule has 0 atom stereocenters. The molecule has 1 aromatic heterocycles. The molecule has 4 aromatic carbocycles. The van der Waals surface area contributed by atoms with Gasteiger partial charge < -0.3 is 0 Å². The van der Waals surface area contributed by atoms with E-state index in [-0.39, 0.29) is 0 Å². The average Bonchev–Trinajstić information content (AvgIpc) is 2.79. The summed E-state index contributed by atoms with van der Waals surface area (Å²) in [5, 5.41) is 2.41. The summed E-state index contributed by atoms with van der Waals surface area (Å²) in [7, 11) is 0. The van der Waals surface area contributed by atoms with Crippen LogP contribution in [0, 0.1) is 3.57 Å². The predicted octanol–water partition coefficient (Wildman–Crippen LogP) is 7.24. The van der Waals surface area contributed by atoms with Crippen LogP contribution in [0.25, 0.3) is 44.7 Å². The fourth-order valence-corrected chi connectivity index (χ4v) is 4.00. The highest BCUT2D eigenvalue weighted by atomic mass is 127. The quantitative estimate of drug-likeness (QED) is 0.253. The Morgan fingerprint density at radius 2 is 1.17 bits per heavy atom. The summed E-state index contributed by atoms with van der Waals surface area (Å²) in [5.41, 5.74) is 5.06. The van der Waals surface area contributed by atoms with E-state index in [0.717, 1.165) is 33.9 Å². The minimum absolute atomic E-state index is 0.742. The Morgan fingerprint density at radius 1 is 0.483 bits per heavy atom. The number of hydrogen-bond donors (Lipinski definition) is 0. The molecule has 5 rings (SSSR count). The van der Waals surface area contributed by atoms with Crippen molar-refractivity contribution in [3.63, 3.8) is 0 Å². The largest absolute Gasteiger partial charge is 0.228 e. The van der Waals surface area contributed by atoms with E-state index in [2.05, 4.69) is 108 Å². The number of halogens is 1. The molecular weight excluding hydrogens is 467 g/mol. The molecule has 0 spiro atoms. The molecule has 0 unspecified atom stereocenters. The molecule has 0 radical (unpaired) electrons. The molecule has 2 nitrogen and oxygen atoms in total. The second-order valence-electron chi connectivity index (χ2n) is 6.90. The lowest BCUT2D eigenvalue weighted by Gasteiger charge is -2.10. The molecule has 5 aromatic rings. The van der Waals surface area contributed by atoms with Gasteiger partial charge in [0, 0.05) is 20.3 Å². The number of hydrogen-bond acceptors (Lipinski definition) is 2. The molecule has 0 amide bonds. The number of nitrogens with zero attached hydrogens (tertiary/aromatic N) is 2. The fraction of sp³-hybridized carbons (Fsp3) is 0. The molecule has 138 valence electrons. The highest BCUT2D eigenvalue weighted by Gasteiger charge is 2.11. The van der Waals surface area contributed by atoms with Crippen molar-refractivity contribution in [3.05, 3.63) is 107 Å². The molecule has 0 N–H and O–H groups in total. The van der Waals surface area contributed by atoms with Gasteiger partial charge >= 0.3 is 0 Å². The first-order valence-electron chi connectivity index (χ1n) is 9.46. The Morgan fingerprint density at radius 3 is 1.97 bits per heavy atom. The van der Waals surface area contributed by atoms with Crippen LogP contribution in [-0.2, 0) is 0 Å². The summed E-state index contributed by atoms with van der Waals surface area (Å²) in [5.74, 6) is 0.742. The second kappa shape index (κ2) is 7.76. The van der Waals surface area contributed by atoms with Crippen LogP contribution < -0.4 is 0 Å². The monoisotopic (exact) mass is 484 g/mol. The maximum atomic E-state index is 4.93. The van der Waals surface area contributed by atoms with Crippen LogP contribution in [0.3, 0.4) is 0 Å². The lowest BCUT2D eigenvalue weighted by Crippen LogP contribution is -1.96. The van der Waals surface area contributed by atoms with Crippen molar-refractivity contribution in [1.29, 1.82) is 0 Å². The van der Waals surface area contributed by atoms with Crippen molar-refractivity contribution in [1.82, 2.24) is 9.97 Å². The first-order valence-corrected chi connectivity index (χ1v) is 10.5. The van der Waals surface area contributed by atoms with Crippen molar-refractivity contribution in [3.8, 4) is 33.9 Å². The van der Waals surface area contributed by atoms with Crippen molar-refractivity contribution in [2.24, 2.45) is 0 Å². The Kier molecular flexibility index (Phi) is 4.82. The van der Waals surface area contributed by atoms with E-state index in [1.54, 1.807) is 0 Å². The molecule has 0 aliphatic heterocycles. The molecule has 0 aliphatic rings. The number of rotatable bonds is 3. The smallest absolute Gasteiger partial charge is 0.160 e. The van der Waals surface area contributed by atoms with Crippen LogP contribution in [0.5, 0.6) is 0 Å². The predicted molar refractivity (Wildman–Crippen MR) is 129 cm³/mol. The topological polar surface area (TPSA) is 25.8 Å². The van der Waals surface area contributed by atoms with Crippen LogP contribution in [0.15, 0.2) is 103 Å². The first kappa shape index (κ1) is 18.0. The molecule has 0 fully saturated rings. The Balaban J connectivity index is 1.72. The molecule has 1 heterocycles. The summed E-state index contributed by atoms with van der Waals surface area (Å²) in [6, 6.07) is 35.5. The fourth-order valence-electron chi connectivity index (χ4n) is 3.46. The third-order valence-corrected chi connectivity index (χ3v) is 5.59. The van der Waals surface area contributed by atoms with Crippen LogP contribution in [0.2, 0.25) is 0 Å². The van der Waals surface area contributed by atoms with Crippen LogP contribution >= 0.6 is 22.6 Å². The number of fused-ring (bicyclic) bond motifs is 1. The zero-order valence-corrected chi connectivity index (χ0v) is 17.7. The highest BCUT2D eigenvalue weighted by molar-refractivity contribution is 14.1. The van der Waals surface area contributed by atoms with Gasteiger partial charge in [-0.25, -0.2) is 9.97 Å². The van der Waals surface area contributed by atoms with E-state index in [1.807, 2.05) is 18.2 Å². The average molecular weight is 484 g/mol. The normalized spacial score (nSPS) is 10.9. The third-order valence-electron chi connectivity index (χ3n) is 4.92. The summed E-state index contributed by atoms with van der Waals surface area (Å²) >= 11 is 2.34. The molecule has 3 heteroatoms. The molecule has 0 saturated heterocycles. The highest BCUT2D eigenvalue weighted by Crippen LogP contribution is 2.29. The van der Waals surface area contributed by atoms with Crippen LogP contribution in [-0.4, -0.2) is 9.97 Å². The molecule has 29 heavy (non-hydrogen) atoms. The Bertz CT molecular complexity index is 1310. The summed E-state index contributed by atoms with van der Waals surface area (Å²) in [6.07, 6.45) is 0. The van der Waals surface area contributed by atoms with Gasteiger partial charge in [0.1, 0.15) is 0 Å². The van der Waals surface area contributed by atoms with E-state index in [4.69, 9.17) is 9.97 Å². The van der Waals surface area contributed by atoms with Gasteiger partial charge in [-0.3, -0.25) is 0 Å². The zero-order chi connectivity index (χ0) is 19.6. The maximum Gasteiger partial charge on any atom is 0.160 e. The lowest BCUT2D eigenvalue weighted by molar-refractivity contribution is 1.18. The van der Waals surface area contributed by atoms with Crippen molar-refractivity contribution in [2.75, 3.05) is 0 Å². The van der Waals surface area contributed by atoms with Gasteiger partial charge in [0.2, 0.25) is 0 Å². The lowest BCUT2D eigenvalue weighted by atomic mass is 10.0. The summed E-state index contributed by atoms with van der Waals surface area (Å²) < 4.78 is 1.19. The van der Waals surface area contributed by atoms with Gasteiger partial charge in [-0.2, -0.15) is 0 Å². The van der Waals surface area contributed by atoms with E-state index < -0.39 is 0 Å². The van der Waals surface area contributed by atoms with Crippen LogP contribution in [0.4, 0.5) is 0 Å². The summed E-state index contributed by atoms with van der Waals surface area (Å²) in [4.78, 5) is 9.85. The minimum Gasteiger partial charge on any atom is -0.228 e. The van der Waals surface area contributed by atoms with Gasteiger partial charge in [-0.15, -0.1) is 0 Å². The number of benzene rings is 4. The second-order valence-corrected chi connectivity index (χ2v) is 8.15. The molecular formula is C26H17IN2. The van der Waals surface area contributed by atoms with Gasteiger partial charge in [-0.1, -0.05) is 78.9 Å². The Hall–Kier alpha value is -3.05. The van der Waals surface area contributed by atoms with Crippen LogP contribution in [0.1, 0.15) is 0 Å². The first-order chi connectivity index (χ1) is 14.3. The van der Waals surface area contributed by atoms with Gasteiger partial charge in [0.05, 0.1) is 11.4 Å².